The number of anilines is 1. The lowest BCUT2D eigenvalue weighted by Crippen LogP contribution is -2.06. The maximum atomic E-state index is 12.7. The van der Waals surface area contributed by atoms with E-state index in [9.17, 15) is 13.2 Å². The van der Waals surface area contributed by atoms with Crippen LogP contribution >= 0.6 is 22.6 Å². The molecule has 0 aliphatic rings. The van der Waals surface area contributed by atoms with E-state index < -0.39 is 11.7 Å². The van der Waals surface area contributed by atoms with Gasteiger partial charge in [-0.15, -0.1) is 6.58 Å². The molecule has 1 heterocycles. The summed E-state index contributed by atoms with van der Waals surface area (Å²) in [5, 5.41) is 4.10. The van der Waals surface area contributed by atoms with E-state index in [0.717, 1.165) is 32.5 Å². The van der Waals surface area contributed by atoms with Crippen LogP contribution in [0.1, 0.15) is 29.2 Å². The number of nitrogens with zero attached hydrogens (tertiary/aromatic N) is 2. The third kappa shape index (κ3) is 7.21. The molecule has 34 heavy (non-hydrogen) atoms. The molecule has 0 saturated carbocycles. The van der Waals surface area contributed by atoms with Gasteiger partial charge in [0.1, 0.15) is 12.4 Å². The Morgan fingerprint density at radius 3 is 2.50 bits per heavy atom. The van der Waals surface area contributed by atoms with Crippen molar-refractivity contribution in [3.63, 3.8) is 0 Å². The van der Waals surface area contributed by atoms with Crippen LogP contribution in [0.2, 0.25) is 0 Å². The molecule has 0 radical (unpaired) electrons. The number of nitrogens with one attached hydrogen (secondary N) is 1. The van der Waals surface area contributed by atoms with Gasteiger partial charge in [0.05, 0.1) is 18.4 Å². The number of hydrogen-bond acceptors (Lipinski definition) is 5. The number of hydrazone groups is 1. The van der Waals surface area contributed by atoms with Crippen molar-refractivity contribution in [2.75, 3.05) is 12.0 Å². The third-order valence-corrected chi connectivity index (χ3v) is 5.32. The number of ether oxygens (including phenoxy) is 2. The summed E-state index contributed by atoms with van der Waals surface area (Å²) >= 11 is 2.25. The third-order valence-electron chi connectivity index (χ3n) is 4.60. The van der Waals surface area contributed by atoms with Gasteiger partial charge < -0.3 is 9.47 Å². The predicted octanol–water partition coefficient (Wildman–Crippen LogP) is 6.86. The molecule has 0 atom stereocenters. The first-order chi connectivity index (χ1) is 16.3. The van der Waals surface area contributed by atoms with Gasteiger partial charge in [0.25, 0.3) is 0 Å². The number of halogens is 4. The van der Waals surface area contributed by atoms with Crippen molar-refractivity contribution in [2.45, 2.75) is 26.1 Å². The molecule has 0 fully saturated rings. The lowest BCUT2D eigenvalue weighted by molar-refractivity contribution is -0.137. The van der Waals surface area contributed by atoms with E-state index in [4.69, 9.17) is 9.47 Å². The Morgan fingerprint density at radius 1 is 1.12 bits per heavy atom. The summed E-state index contributed by atoms with van der Waals surface area (Å²) in [6, 6.07) is 13.9. The summed E-state index contributed by atoms with van der Waals surface area (Å²) in [6.45, 7) is 6.54. The van der Waals surface area contributed by atoms with Gasteiger partial charge in [-0.2, -0.15) is 18.3 Å². The fourth-order valence-corrected chi connectivity index (χ4v) is 3.39. The van der Waals surface area contributed by atoms with Crippen LogP contribution in [0.4, 0.5) is 19.0 Å². The normalized spacial score (nSPS) is 11.4. The van der Waals surface area contributed by atoms with Crippen LogP contribution in [0.5, 0.6) is 11.5 Å². The number of benzene rings is 2. The van der Waals surface area contributed by atoms with Crippen LogP contribution in [0.25, 0.3) is 0 Å². The Bertz CT molecular complexity index is 1130. The van der Waals surface area contributed by atoms with Crippen molar-refractivity contribution in [2.24, 2.45) is 5.10 Å². The molecule has 3 rings (SSSR count). The molecule has 0 amide bonds. The van der Waals surface area contributed by atoms with Crippen molar-refractivity contribution in [3.8, 4) is 11.5 Å². The highest BCUT2D eigenvalue weighted by Crippen LogP contribution is 2.34. The zero-order valence-corrected chi connectivity index (χ0v) is 20.6. The predicted molar refractivity (Wildman–Crippen MR) is 135 cm³/mol. The SMILES string of the molecule is C=CCc1cc(/C=N\Nc2ccc(C(F)(F)F)cn2)cc(OCC)c1OCc1ccc(I)cc1. The minimum Gasteiger partial charge on any atom is -0.490 e. The van der Waals surface area contributed by atoms with Crippen molar-refractivity contribution < 1.29 is 22.6 Å². The number of rotatable bonds is 10. The van der Waals surface area contributed by atoms with Crippen molar-refractivity contribution in [1.29, 1.82) is 0 Å². The molecule has 3 aromatic rings. The first-order valence-electron chi connectivity index (χ1n) is 10.4. The van der Waals surface area contributed by atoms with Crippen LogP contribution < -0.4 is 14.9 Å². The van der Waals surface area contributed by atoms with Gasteiger partial charge >= 0.3 is 6.18 Å². The van der Waals surface area contributed by atoms with Gasteiger partial charge in [0, 0.05) is 15.3 Å². The number of aromatic nitrogens is 1. The van der Waals surface area contributed by atoms with Crippen molar-refractivity contribution in [3.05, 3.63) is 93.2 Å². The Balaban J connectivity index is 1.79. The first kappa shape index (κ1) is 25.5. The Morgan fingerprint density at radius 2 is 1.88 bits per heavy atom. The molecule has 178 valence electrons. The summed E-state index contributed by atoms with van der Waals surface area (Å²) in [4.78, 5) is 3.74. The Hall–Kier alpha value is -3.08. The zero-order valence-electron chi connectivity index (χ0n) is 18.4. The standard InChI is InChI=1S/C25H23F3IN3O2/c1-3-5-19-12-18(14-31-32-23-11-8-20(15-30-23)25(26,27)28)13-22(33-4-2)24(19)34-16-17-6-9-21(29)10-7-17/h3,6-15H,1,4-5,16H2,2H3,(H,30,32)/b31-14-. The topological polar surface area (TPSA) is 55.7 Å². The maximum absolute atomic E-state index is 12.7. The van der Waals surface area contributed by atoms with E-state index in [1.165, 1.54) is 12.3 Å². The molecule has 0 unspecified atom stereocenters. The van der Waals surface area contributed by atoms with Gasteiger partial charge in [-0.3, -0.25) is 5.43 Å². The lowest BCUT2D eigenvalue weighted by Gasteiger charge is -2.17. The summed E-state index contributed by atoms with van der Waals surface area (Å²) in [5.74, 6) is 1.40. The lowest BCUT2D eigenvalue weighted by atomic mass is 10.1. The molecular formula is C25H23F3IN3O2. The summed E-state index contributed by atoms with van der Waals surface area (Å²) in [6.07, 6.45) is 0.186. The van der Waals surface area contributed by atoms with E-state index in [1.807, 2.05) is 37.3 Å². The van der Waals surface area contributed by atoms with Gasteiger partial charge in [-0.25, -0.2) is 4.98 Å². The number of alkyl halides is 3. The van der Waals surface area contributed by atoms with E-state index in [-0.39, 0.29) is 5.82 Å². The molecule has 0 saturated heterocycles. The number of pyridine rings is 1. The van der Waals surface area contributed by atoms with E-state index in [1.54, 1.807) is 12.1 Å². The highest BCUT2D eigenvalue weighted by molar-refractivity contribution is 14.1. The van der Waals surface area contributed by atoms with Gasteiger partial charge in [0.2, 0.25) is 0 Å². The number of hydrogen-bond donors (Lipinski definition) is 1. The summed E-state index contributed by atoms with van der Waals surface area (Å²) < 4.78 is 51.1. The second kappa shape index (κ2) is 11.9. The molecular weight excluding hydrogens is 558 g/mol. The van der Waals surface area contributed by atoms with Gasteiger partial charge in [0.15, 0.2) is 11.5 Å². The zero-order chi connectivity index (χ0) is 24.6. The Kier molecular flexibility index (Phi) is 8.91. The van der Waals surface area contributed by atoms with Crippen LogP contribution in [0, 0.1) is 3.57 Å². The molecule has 9 heteroatoms. The van der Waals surface area contributed by atoms with E-state index in [2.05, 4.69) is 44.7 Å². The highest BCUT2D eigenvalue weighted by atomic mass is 127. The van der Waals surface area contributed by atoms with Crippen LogP contribution in [0.15, 0.2) is 72.5 Å². The van der Waals surface area contributed by atoms with E-state index in [0.29, 0.717) is 31.1 Å². The molecule has 0 aliphatic carbocycles. The molecule has 0 spiro atoms. The monoisotopic (exact) mass is 581 g/mol. The van der Waals surface area contributed by atoms with Crippen molar-refractivity contribution in [1.82, 2.24) is 4.98 Å². The molecule has 2 aromatic carbocycles. The minimum atomic E-state index is -4.44. The minimum absolute atomic E-state index is 0.193. The summed E-state index contributed by atoms with van der Waals surface area (Å²) in [5.41, 5.74) is 4.45. The fourth-order valence-electron chi connectivity index (χ4n) is 3.03. The average molecular weight is 581 g/mol. The molecule has 0 bridgehead atoms. The van der Waals surface area contributed by atoms with Crippen LogP contribution in [-0.4, -0.2) is 17.8 Å². The average Bonchev–Trinajstić information content (AvgIpc) is 2.80. The molecule has 0 aliphatic heterocycles. The molecule has 1 aromatic heterocycles. The van der Waals surface area contributed by atoms with Crippen LogP contribution in [-0.2, 0) is 19.2 Å². The smallest absolute Gasteiger partial charge is 0.417 e. The number of allylic oxidation sites excluding steroid dienone is 1. The van der Waals surface area contributed by atoms with Crippen molar-refractivity contribution >= 4 is 34.6 Å². The van der Waals surface area contributed by atoms with Gasteiger partial charge in [-0.05, 0) is 83.5 Å². The van der Waals surface area contributed by atoms with E-state index >= 15 is 0 Å². The largest absolute Gasteiger partial charge is 0.490 e. The highest BCUT2D eigenvalue weighted by Gasteiger charge is 2.30. The van der Waals surface area contributed by atoms with Gasteiger partial charge in [-0.1, -0.05) is 18.2 Å². The maximum Gasteiger partial charge on any atom is 0.417 e. The molecule has 5 nitrogen and oxygen atoms in total. The molecule has 1 N–H and O–H groups in total. The second-order valence-electron chi connectivity index (χ2n) is 7.15. The second-order valence-corrected chi connectivity index (χ2v) is 8.39. The van der Waals surface area contributed by atoms with Crippen LogP contribution in [0.3, 0.4) is 0 Å². The fraction of sp³-hybridized carbons (Fsp3) is 0.200. The first-order valence-corrected chi connectivity index (χ1v) is 11.5. The Labute approximate surface area is 209 Å². The quantitative estimate of drug-likeness (QED) is 0.123. The summed E-state index contributed by atoms with van der Waals surface area (Å²) in [7, 11) is 0.